The fourth-order valence-electron chi connectivity index (χ4n) is 6.51. The van der Waals surface area contributed by atoms with Crippen molar-refractivity contribution in [2.24, 2.45) is 11.7 Å². The highest BCUT2D eigenvalue weighted by atomic mass is 35.5. The number of aliphatic hydroxyl groups excluding tert-OH is 2. The molecule has 14 heteroatoms. The number of fused-ring (bicyclic) bond motifs is 1. The molecule has 0 bridgehead atoms. The minimum Gasteiger partial charge on any atom is -0.465 e. The van der Waals surface area contributed by atoms with Gasteiger partial charge in [-0.15, -0.1) is 0 Å². The molecule has 1 aliphatic rings. The second kappa shape index (κ2) is 17.9. The van der Waals surface area contributed by atoms with Crippen LogP contribution in [0.1, 0.15) is 37.8 Å². The number of rotatable bonds is 18. The lowest BCUT2D eigenvalue weighted by atomic mass is 10.0. The number of aromatic nitrogens is 3. The molecule has 50 heavy (non-hydrogen) atoms. The lowest BCUT2D eigenvalue weighted by Gasteiger charge is -2.28. The molecule has 270 valence electrons. The molecule has 5 rings (SSSR count). The van der Waals surface area contributed by atoms with Crippen LogP contribution in [-0.2, 0) is 16.0 Å². The highest BCUT2D eigenvalue weighted by molar-refractivity contribution is 6.30. The van der Waals surface area contributed by atoms with Gasteiger partial charge in [-0.3, -0.25) is 4.79 Å². The van der Waals surface area contributed by atoms with Crippen molar-refractivity contribution in [3.63, 3.8) is 0 Å². The Labute approximate surface area is 296 Å². The third-order valence-corrected chi connectivity index (χ3v) is 9.42. The summed E-state index contributed by atoms with van der Waals surface area (Å²) in [5, 5.41) is 30.2. The lowest BCUT2D eigenvalue weighted by Crippen LogP contribution is -2.41. The minimum atomic E-state index is -0.975. The molecule has 12 nitrogen and oxygen atoms in total. The number of nitrogens with zero attached hydrogens (tertiary/aromatic N) is 4. The van der Waals surface area contributed by atoms with E-state index in [0.29, 0.717) is 74.2 Å². The SMILES string of the molecule is CCOC(=O)[C@@H](N)CCN(CCCNCCc1ccc(Oc2ccc(Cl)cc2)c(F)c1)C[C@H]1C[C@@H](n2ccc3c(NC)ncnc32)[C@H](O)[C@@H]1O. The monoisotopic (exact) mass is 711 g/mol. The largest absolute Gasteiger partial charge is 0.465 e. The van der Waals surface area contributed by atoms with Crippen LogP contribution < -0.4 is 21.1 Å². The molecule has 0 radical (unpaired) electrons. The van der Waals surface area contributed by atoms with E-state index in [-0.39, 0.29) is 24.3 Å². The van der Waals surface area contributed by atoms with Gasteiger partial charge >= 0.3 is 5.97 Å². The van der Waals surface area contributed by atoms with E-state index in [2.05, 4.69) is 25.5 Å². The Morgan fingerprint density at radius 3 is 2.68 bits per heavy atom. The molecule has 0 amide bonds. The number of halogens is 2. The van der Waals surface area contributed by atoms with Gasteiger partial charge in [-0.25, -0.2) is 14.4 Å². The predicted octanol–water partition coefficient (Wildman–Crippen LogP) is 4.15. The van der Waals surface area contributed by atoms with Crippen molar-refractivity contribution in [3.8, 4) is 11.5 Å². The average molecular weight is 712 g/mol. The fraction of sp³-hybridized carbons (Fsp3) is 0.472. The van der Waals surface area contributed by atoms with Gasteiger partial charge in [0.2, 0.25) is 0 Å². The summed E-state index contributed by atoms with van der Waals surface area (Å²) in [5.74, 6) is 0.264. The molecule has 1 saturated carbocycles. The maximum absolute atomic E-state index is 14.7. The summed E-state index contributed by atoms with van der Waals surface area (Å²) in [6.45, 7) is 5.10. The van der Waals surface area contributed by atoms with Crippen molar-refractivity contribution in [1.82, 2.24) is 24.8 Å². The number of esters is 1. The van der Waals surface area contributed by atoms with Crippen molar-refractivity contribution in [1.29, 1.82) is 0 Å². The molecule has 0 aliphatic heterocycles. The number of hydrogen-bond acceptors (Lipinski definition) is 11. The van der Waals surface area contributed by atoms with E-state index in [0.717, 1.165) is 17.4 Å². The van der Waals surface area contributed by atoms with E-state index in [9.17, 15) is 19.4 Å². The zero-order chi connectivity index (χ0) is 35.6. The molecule has 0 spiro atoms. The van der Waals surface area contributed by atoms with Crippen LogP contribution in [0.5, 0.6) is 11.5 Å². The van der Waals surface area contributed by atoms with Crippen LogP contribution in [0.15, 0.2) is 61.1 Å². The van der Waals surface area contributed by atoms with Crippen LogP contribution in [0.3, 0.4) is 0 Å². The summed E-state index contributed by atoms with van der Waals surface area (Å²) in [7, 11) is 1.79. The normalized spacial score (nSPS) is 19.6. The van der Waals surface area contributed by atoms with Crippen molar-refractivity contribution in [2.45, 2.75) is 56.9 Å². The first-order chi connectivity index (χ1) is 24.2. The second-order valence-electron chi connectivity index (χ2n) is 12.6. The predicted molar refractivity (Wildman–Crippen MR) is 191 cm³/mol. The van der Waals surface area contributed by atoms with Crippen molar-refractivity contribution >= 4 is 34.4 Å². The molecule has 2 heterocycles. The topological polar surface area (TPSA) is 160 Å². The van der Waals surface area contributed by atoms with Crippen LogP contribution in [0.25, 0.3) is 11.0 Å². The van der Waals surface area contributed by atoms with E-state index in [1.54, 1.807) is 44.3 Å². The summed E-state index contributed by atoms with van der Waals surface area (Å²) < 4.78 is 27.4. The molecule has 1 aliphatic carbocycles. The van der Waals surface area contributed by atoms with E-state index >= 15 is 0 Å². The number of nitrogens with one attached hydrogen (secondary N) is 2. The van der Waals surface area contributed by atoms with Crippen LogP contribution >= 0.6 is 11.6 Å². The number of nitrogens with two attached hydrogens (primary N) is 1. The van der Waals surface area contributed by atoms with Gasteiger partial charge in [0.25, 0.3) is 0 Å². The molecular formula is C36H47ClFN7O5. The van der Waals surface area contributed by atoms with E-state index in [1.165, 1.54) is 12.4 Å². The zero-order valence-corrected chi connectivity index (χ0v) is 29.2. The summed E-state index contributed by atoms with van der Waals surface area (Å²) in [6.07, 6.45) is 3.82. The number of anilines is 1. The van der Waals surface area contributed by atoms with Crippen molar-refractivity contribution in [3.05, 3.63) is 77.5 Å². The maximum Gasteiger partial charge on any atom is 0.322 e. The Morgan fingerprint density at radius 2 is 1.94 bits per heavy atom. The van der Waals surface area contributed by atoms with Gasteiger partial charge in [-0.1, -0.05) is 17.7 Å². The molecule has 0 unspecified atom stereocenters. The lowest BCUT2D eigenvalue weighted by molar-refractivity contribution is -0.144. The standard InChI is InChI=1S/C36H47ClFN7O5/c1-3-49-36(48)29(39)13-17-44(21-24-20-30(33(47)32(24)46)45-18-12-27-34(40-2)42-22-43-35(27)45)16-4-14-41-15-11-23-5-10-31(28(38)19-23)50-26-8-6-25(37)7-9-26/h5-10,12,18-19,22,24,29-30,32-33,41,46-47H,3-4,11,13-17,20-21,39H2,1-2H3,(H,40,42,43)/t24-,29+,30-,32-,33+/m1/s1. The first-order valence-corrected chi connectivity index (χ1v) is 17.5. The third-order valence-electron chi connectivity index (χ3n) is 9.17. The summed E-state index contributed by atoms with van der Waals surface area (Å²) in [6, 6.07) is 12.5. The van der Waals surface area contributed by atoms with E-state index in [4.69, 9.17) is 26.8 Å². The molecule has 0 saturated heterocycles. The minimum absolute atomic E-state index is 0.150. The van der Waals surface area contributed by atoms with Crippen molar-refractivity contribution < 1.29 is 28.9 Å². The molecule has 4 aromatic rings. The number of ether oxygens (including phenoxy) is 2. The van der Waals surface area contributed by atoms with Crippen molar-refractivity contribution in [2.75, 3.05) is 51.7 Å². The third kappa shape index (κ3) is 9.47. The van der Waals surface area contributed by atoms with Crippen LogP contribution in [0.2, 0.25) is 5.02 Å². The van der Waals surface area contributed by atoms with Gasteiger partial charge in [-0.05, 0) is 100 Å². The Kier molecular flexibility index (Phi) is 13.4. The maximum atomic E-state index is 14.7. The fourth-order valence-corrected chi connectivity index (χ4v) is 6.63. The van der Waals surface area contributed by atoms with Gasteiger partial charge < -0.3 is 45.5 Å². The molecule has 1 fully saturated rings. The van der Waals surface area contributed by atoms with Gasteiger partial charge in [0.1, 0.15) is 35.7 Å². The number of benzene rings is 2. The quantitative estimate of drug-likeness (QED) is 0.0746. The highest BCUT2D eigenvalue weighted by Gasteiger charge is 2.43. The zero-order valence-electron chi connectivity index (χ0n) is 28.5. The molecular weight excluding hydrogens is 665 g/mol. The molecule has 2 aromatic heterocycles. The second-order valence-corrected chi connectivity index (χ2v) is 13.0. The molecule has 2 aromatic carbocycles. The smallest absolute Gasteiger partial charge is 0.322 e. The van der Waals surface area contributed by atoms with E-state index < -0.39 is 30.0 Å². The Bertz CT molecular complexity index is 1690. The molecule has 5 atom stereocenters. The van der Waals surface area contributed by atoms with Crippen LogP contribution in [-0.4, -0.2) is 100 Å². The Balaban J connectivity index is 1.14. The summed E-state index contributed by atoms with van der Waals surface area (Å²) >= 11 is 5.91. The van der Waals surface area contributed by atoms with E-state index in [1.807, 2.05) is 22.9 Å². The Morgan fingerprint density at radius 1 is 1.14 bits per heavy atom. The Hall–Kier alpha value is -3.85. The summed E-state index contributed by atoms with van der Waals surface area (Å²) in [4.78, 5) is 23.1. The highest BCUT2D eigenvalue weighted by Crippen LogP contribution is 2.38. The van der Waals surface area contributed by atoms with Crippen LogP contribution in [0.4, 0.5) is 10.2 Å². The van der Waals surface area contributed by atoms with Gasteiger partial charge in [0, 0.05) is 37.3 Å². The first kappa shape index (κ1) is 37.4. The summed E-state index contributed by atoms with van der Waals surface area (Å²) in [5.41, 5.74) is 7.66. The van der Waals surface area contributed by atoms with Gasteiger partial charge in [0.05, 0.1) is 24.1 Å². The van der Waals surface area contributed by atoms with Gasteiger partial charge in [-0.2, -0.15) is 0 Å². The average Bonchev–Trinajstić information content (AvgIpc) is 3.66. The number of carbonyl (C=O) groups is 1. The molecule has 6 N–H and O–H groups in total. The van der Waals surface area contributed by atoms with Gasteiger partial charge in [0.15, 0.2) is 11.6 Å². The number of hydrogen-bond donors (Lipinski definition) is 5. The number of aliphatic hydroxyl groups is 2. The van der Waals surface area contributed by atoms with Crippen LogP contribution in [0, 0.1) is 11.7 Å². The number of carbonyl (C=O) groups excluding carboxylic acids is 1. The first-order valence-electron chi connectivity index (χ1n) is 17.1.